The molecule has 3 rings (SSSR count). The molecule has 23 heavy (non-hydrogen) atoms. The molecule has 1 aliphatic rings. The molecular formula is C18H21FN4. The second-order valence-corrected chi connectivity index (χ2v) is 5.99. The summed E-state index contributed by atoms with van der Waals surface area (Å²) in [5.74, 6) is 0.838. The smallest absolute Gasteiger partial charge is 0.229 e. The van der Waals surface area contributed by atoms with Gasteiger partial charge in [0.05, 0.1) is 6.20 Å². The first-order valence-corrected chi connectivity index (χ1v) is 7.92. The molecule has 1 aliphatic carbocycles. The zero-order chi connectivity index (χ0) is 16.2. The van der Waals surface area contributed by atoms with Gasteiger partial charge >= 0.3 is 0 Å². The second kappa shape index (κ2) is 6.77. The predicted octanol–water partition coefficient (Wildman–Crippen LogP) is 4.43. The van der Waals surface area contributed by atoms with Crippen LogP contribution in [0.1, 0.15) is 25.3 Å². The third-order valence-electron chi connectivity index (χ3n) is 3.79. The van der Waals surface area contributed by atoms with Gasteiger partial charge < -0.3 is 10.6 Å². The van der Waals surface area contributed by atoms with Crippen molar-refractivity contribution in [2.45, 2.75) is 32.7 Å². The van der Waals surface area contributed by atoms with Crippen LogP contribution in [0, 0.1) is 18.7 Å². The molecule has 1 aromatic heterocycles. The van der Waals surface area contributed by atoms with Crippen LogP contribution in [-0.4, -0.2) is 16.0 Å². The average molecular weight is 312 g/mol. The number of allylic oxidation sites excluding steroid dienone is 1. The molecule has 0 radical (unpaired) electrons. The minimum Gasteiger partial charge on any atom is -0.362 e. The number of anilines is 3. The van der Waals surface area contributed by atoms with E-state index >= 15 is 0 Å². The normalized spacial score (nSPS) is 15.6. The van der Waals surface area contributed by atoms with E-state index in [1.54, 1.807) is 0 Å². The van der Waals surface area contributed by atoms with Crippen molar-refractivity contribution in [1.82, 2.24) is 9.97 Å². The Labute approximate surface area is 135 Å². The number of hydrogen-bond acceptors (Lipinski definition) is 4. The third-order valence-corrected chi connectivity index (χ3v) is 3.79. The van der Waals surface area contributed by atoms with E-state index in [-0.39, 0.29) is 11.9 Å². The number of rotatable bonds is 6. The molecule has 0 amide bonds. The van der Waals surface area contributed by atoms with Gasteiger partial charge in [0.1, 0.15) is 0 Å². The van der Waals surface area contributed by atoms with Crippen LogP contribution in [0.4, 0.5) is 21.8 Å². The first kappa shape index (κ1) is 15.5. The zero-order valence-corrected chi connectivity index (χ0v) is 13.4. The summed E-state index contributed by atoms with van der Waals surface area (Å²) in [4.78, 5) is 8.26. The summed E-state index contributed by atoms with van der Waals surface area (Å²) >= 11 is 0. The van der Waals surface area contributed by atoms with Crippen molar-refractivity contribution >= 4 is 17.5 Å². The molecule has 4 nitrogen and oxygen atoms in total. The molecular weight excluding hydrogens is 291 g/mol. The van der Waals surface area contributed by atoms with E-state index in [0.29, 0.717) is 11.9 Å². The van der Waals surface area contributed by atoms with Crippen molar-refractivity contribution in [3.8, 4) is 0 Å². The maximum Gasteiger partial charge on any atom is 0.229 e. The van der Waals surface area contributed by atoms with Crippen LogP contribution in [0.5, 0.6) is 0 Å². The molecule has 0 saturated heterocycles. The van der Waals surface area contributed by atoms with Crippen molar-refractivity contribution in [2.24, 2.45) is 5.92 Å². The van der Waals surface area contributed by atoms with Gasteiger partial charge in [-0.25, -0.2) is 9.37 Å². The quantitative estimate of drug-likeness (QED) is 0.775. The Morgan fingerprint density at radius 2 is 2.09 bits per heavy atom. The largest absolute Gasteiger partial charge is 0.362 e. The molecule has 2 aromatic rings. The fraction of sp³-hybridized carbons (Fsp3) is 0.333. The lowest BCUT2D eigenvalue weighted by Crippen LogP contribution is -2.15. The SMILES string of the molecule is Cc1ccccc1Nc1ncc(F)c(NC(C)/C=C/C2CC2)n1. The summed E-state index contributed by atoms with van der Waals surface area (Å²) < 4.78 is 13.9. The monoisotopic (exact) mass is 312 g/mol. The third kappa shape index (κ3) is 4.28. The molecule has 0 spiro atoms. The van der Waals surface area contributed by atoms with Gasteiger partial charge in [-0.1, -0.05) is 30.4 Å². The van der Waals surface area contributed by atoms with Crippen LogP contribution in [0.25, 0.3) is 0 Å². The molecule has 120 valence electrons. The van der Waals surface area contributed by atoms with Crippen molar-refractivity contribution in [3.05, 3.63) is 54.0 Å². The van der Waals surface area contributed by atoms with Crippen molar-refractivity contribution in [2.75, 3.05) is 10.6 Å². The van der Waals surface area contributed by atoms with Crippen LogP contribution >= 0.6 is 0 Å². The highest BCUT2D eigenvalue weighted by atomic mass is 19.1. The molecule has 1 fully saturated rings. The zero-order valence-electron chi connectivity index (χ0n) is 13.4. The molecule has 1 atom stereocenters. The van der Waals surface area contributed by atoms with E-state index in [9.17, 15) is 4.39 Å². The van der Waals surface area contributed by atoms with Gasteiger partial charge in [0, 0.05) is 11.7 Å². The number of para-hydroxylation sites is 1. The summed E-state index contributed by atoms with van der Waals surface area (Å²) in [6.07, 6.45) is 7.95. The molecule has 0 bridgehead atoms. The first-order chi connectivity index (χ1) is 11.1. The lowest BCUT2D eigenvalue weighted by atomic mass is 10.2. The van der Waals surface area contributed by atoms with E-state index in [4.69, 9.17) is 0 Å². The fourth-order valence-electron chi connectivity index (χ4n) is 2.24. The topological polar surface area (TPSA) is 49.8 Å². The van der Waals surface area contributed by atoms with Gasteiger partial charge in [0.15, 0.2) is 11.6 Å². The lowest BCUT2D eigenvalue weighted by molar-refractivity contribution is 0.616. The Kier molecular flexibility index (Phi) is 4.55. The summed E-state index contributed by atoms with van der Waals surface area (Å²) in [6, 6.07) is 7.85. The van der Waals surface area contributed by atoms with Gasteiger partial charge in [0.2, 0.25) is 5.95 Å². The van der Waals surface area contributed by atoms with Crippen molar-refractivity contribution in [1.29, 1.82) is 0 Å². The number of aromatic nitrogens is 2. The van der Waals surface area contributed by atoms with Gasteiger partial charge in [-0.2, -0.15) is 4.98 Å². The van der Waals surface area contributed by atoms with Gasteiger partial charge in [-0.3, -0.25) is 0 Å². The number of nitrogens with zero attached hydrogens (tertiary/aromatic N) is 2. The van der Waals surface area contributed by atoms with E-state index in [1.807, 2.05) is 38.1 Å². The highest BCUT2D eigenvalue weighted by Gasteiger charge is 2.17. The highest BCUT2D eigenvalue weighted by molar-refractivity contribution is 5.59. The van der Waals surface area contributed by atoms with E-state index in [2.05, 4.69) is 32.8 Å². The standard InChI is InChI=1S/C18H21FN4/c1-12-5-3-4-6-16(12)22-18-20-11-15(19)17(23-18)21-13(2)7-8-14-9-10-14/h3-8,11,13-14H,9-10H2,1-2H3,(H2,20,21,22,23)/b8-7+. The Bertz CT molecular complexity index is 710. The van der Waals surface area contributed by atoms with Gasteiger partial charge in [0.25, 0.3) is 0 Å². The summed E-state index contributed by atoms with van der Waals surface area (Å²) in [6.45, 7) is 3.98. The van der Waals surface area contributed by atoms with Crippen LogP contribution in [-0.2, 0) is 0 Å². The van der Waals surface area contributed by atoms with Crippen molar-refractivity contribution in [3.63, 3.8) is 0 Å². The van der Waals surface area contributed by atoms with E-state index in [1.165, 1.54) is 19.0 Å². The Morgan fingerprint density at radius 3 is 2.83 bits per heavy atom. The van der Waals surface area contributed by atoms with Gasteiger partial charge in [-0.05, 0) is 44.2 Å². The Hall–Kier alpha value is -2.43. The fourth-order valence-corrected chi connectivity index (χ4v) is 2.24. The predicted molar refractivity (Wildman–Crippen MR) is 91.4 cm³/mol. The first-order valence-electron chi connectivity index (χ1n) is 7.92. The second-order valence-electron chi connectivity index (χ2n) is 5.99. The summed E-state index contributed by atoms with van der Waals surface area (Å²) in [5, 5.41) is 6.21. The Balaban J connectivity index is 1.72. The summed E-state index contributed by atoms with van der Waals surface area (Å²) in [7, 11) is 0. The highest BCUT2D eigenvalue weighted by Crippen LogP contribution is 2.30. The number of aryl methyl sites for hydroxylation is 1. The molecule has 2 N–H and O–H groups in total. The molecule has 0 aliphatic heterocycles. The number of halogens is 1. The molecule has 1 saturated carbocycles. The minimum absolute atomic E-state index is 0.0197. The average Bonchev–Trinajstić information content (AvgIpc) is 3.35. The van der Waals surface area contributed by atoms with Crippen molar-refractivity contribution < 1.29 is 4.39 Å². The number of benzene rings is 1. The maximum atomic E-state index is 13.9. The van der Waals surface area contributed by atoms with Crippen LogP contribution in [0.3, 0.4) is 0 Å². The molecule has 1 unspecified atom stereocenters. The van der Waals surface area contributed by atoms with Crippen LogP contribution < -0.4 is 10.6 Å². The van der Waals surface area contributed by atoms with Gasteiger partial charge in [-0.15, -0.1) is 0 Å². The molecule has 5 heteroatoms. The lowest BCUT2D eigenvalue weighted by Gasteiger charge is -2.13. The van der Waals surface area contributed by atoms with Crippen LogP contribution in [0.15, 0.2) is 42.6 Å². The summed E-state index contributed by atoms with van der Waals surface area (Å²) in [5.41, 5.74) is 1.99. The maximum absolute atomic E-state index is 13.9. The molecule has 1 heterocycles. The number of nitrogens with one attached hydrogen (secondary N) is 2. The van der Waals surface area contributed by atoms with E-state index in [0.717, 1.165) is 11.3 Å². The number of hydrogen-bond donors (Lipinski definition) is 2. The van der Waals surface area contributed by atoms with E-state index < -0.39 is 5.82 Å². The molecule has 1 aromatic carbocycles. The van der Waals surface area contributed by atoms with Crippen LogP contribution in [0.2, 0.25) is 0 Å². The Morgan fingerprint density at radius 1 is 1.30 bits per heavy atom. The minimum atomic E-state index is -0.452.